The van der Waals surface area contributed by atoms with Gasteiger partial charge >= 0.3 is 0 Å². The van der Waals surface area contributed by atoms with Crippen molar-refractivity contribution in [1.82, 2.24) is 16.4 Å². The fraction of sp³-hybridized carbons (Fsp3) is 0.700. The summed E-state index contributed by atoms with van der Waals surface area (Å²) in [5.41, 5.74) is 4.48. The molecule has 0 unspecified atom stereocenters. The van der Waals surface area contributed by atoms with E-state index in [2.05, 4.69) is 0 Å². The molecular weight excluding hydrogens is 258 g/mol. The van der Waals surface area contributed by atoms with Gasteiger partial charge in [-0.25, -0.2) is 16.4 Å². The lowest BCUT2D eigenvalue weighted by Gasteiger charge is -2.15. The second-order valence-corrected chi connectivity index (χ2v) is 4.09. The van der Waals surface area contributed by atoms with Crippen LogP contribution in [-0.4, -0.2) is 33.3 Å². The van der Waals surface area contributed by atoms with E-state index in [4.69, 9.17) is 15.6 Å². The molecule has 0 heterocycles. The van der Waals surface area contributed by atoms with E-state index in [1.807, 2.05) is 0 Å². The van der Waals surface area contributed by atoms with Crippen molar-refractivity contribution in [3.8, 4) is 0 Å². The molecule has 0 aliphatic rings. The molecule has 0 spiro atoms. The summed E-state index contributed by atoms with van der Waals surface area (Å²) in [6.07, 6.45) is 1.31. The fourth-order valence-corrected chi connectivity index (χ4v) is 1.61. The van der Waals surface area contributed by atoms with Crippen LogP contribution in [0.4, 0.5) is 0 Å². The van der Waals surface area contributed by atoms with E-state index in [9.17, 15) is 14.4 Å². The lowest BCUT2D eigenvalue weighted by atomic mass is 9.92. The van der Waals surface area contributed by atoms with Gasteiger partial charge in [-0.1, -0.05) is 0 Å². The van der Waals surface area contributed by atoms with Crippen molar-refractivity contribution in [1.29, 1.82) is 0 Å². The van der Waals surface area contributed by atoms with Gasteiger partial charge in [0, 0.05) is 19.3 Å². The predicted molar refractivity (Wildman–Crippen MR) is 61.0 cm³/mol. The predicted octanol–water partition coefficient (Wildman–Crippen LogP) is -0.541. The van der Waals surface area contributed by atoms with Crippen molar-refractivity contribution in [2.24, 2.45) is 5.92 Å². The van der Waals surface area contributed by atoms with Gasteiger partial charge in [-0.2, -0.15) is 0 Å². The van der Waals surface area contributed by atoms with Gasteiger partial charge in [-0.3, -0.25) is 30.0 Å². The minimum absolute atomic E-state index is 0.0582. The van der Waals surface area contributed by atoms with Crippen molar-refractivity contribution >= 4 is 17.7 Å². The topological polar surface area (TPSA) is 148 Å². The van der Waals surface area contributed by atoms with Crippen LogP contribution < -0.4 is 16.4 Å². The highest BCUT2D eigenvalue weighted by Gasteiger charge is 2.15. The Morgan fingerprint density at radius 3 is 1.16 bits per heavy atom. The second kappa shape index (κ2) is 10.2. The number of hydroxylamine groups is 3. The molecule has 0 atom stereocenters. The van der Waals surface area contributed by atoms with Crippen LogP contribution in [0.2, 0.25) is 0 Å². The Morgan fingerprint density at radius 1 is 0.684 bits per heavy atom. The summed E-state index contributed by atoms with van der Waals surface area (Å²) in [7, 11) is 0. The lowest BCUT2D eigenvalue weighted by molar-refractivity contribution is -0.129. The molecule has 9 nitrogen and oxygen atoms in total. The smallest absolute Gasteiger partial charge is 0.243 e. The summed E-state index contributed by atoms with van der Waals surface area (Å²) in [6.45, 7) is 0. The maximum Gasteiger partial charge on any atom is 0.243 e. The third-order valence-corrected chi connectivity index (χ3v) is 2.71. The minimum atomic E-state index is -0.553. The zero-order valence-electron chi connectivity index (χ0n) is 10.4. The molecular formula is C10H19N3O6. The van der Waals surface area contributed by atoms with Gasteiger partial charge in [0.2, 0.25) is 17.7 Å². The van der Waals surface area contributed by atoms with Gasteiger partial charge < -0.3 is 0 Å². The van der Waals surface area contributed by atoms with Crippen LogP contribution in [0.3, 0.4) is 0 Å². The van der Waals surface area contributed by atoms with E-state index in [-0.39, 0.29) is 25.2 Å². The number of nitrogens with one attached hydrogen (secondary N) is 3. The number of hydrogen-bond donors (Lipinski definition) is 6. The Bertz CT molecular complexity index is 262. The molecule has 0 aromatic heterocycles. The number of amides is 3. The van der Waals surface area contributed by atoms with E-state index in [1.165, 1.54) is 16.4 Å². The summed E-state index contributed by atoms with van der Waals surface area (Å²) in [4.78, 5) is 32.7. The lowest BCUT2D eigenvalue weighted by Crippen LogP contribution is -2.23. The van der Waals surface area contributed by atoms with Gasteiger partial charge in [-0.05, 0) is 25.2 Å². The molecule has 6 N–H and O–H groups in total. The SMILES string of the molecule is O=C(CCC(CCC(=O)NO)CCC(=O)NO)NO. The minimum Gasteiger partial charge on any atom is -0.289 e. The molecule has 3 amide bonds. The first-order chi connectivity index (χ1) is 9.03. The summed E-state index contributed by atoms with van der Waals surface area (Å²) < 4.78 is 0. The molecule has 0 fully saturated rings. The van der Waals surface area contributed by atoms with Crippen LogP contribution >= 0.6 is 0 Å². The van der Waals surface area contributed by atoms with Crippen molar-refractivity contribution < 1.29 is 30.0 Å². The first-order valence-electron chi connectivity index (χ1n) is 5.82. The highest BCUT2D eigenvalue weighted by molar-refractivity contribution is 5.75. The van der Waals surface area contributed by atoms with Crippen molar-refractivity contribution in [3.63, 3.8) is 0 Å². The first-order valence-corrected chi connectivity index (χ1v) is 5.82. The number of carbonyl (C=O) groups excluding carboxylic acids is 3. The summed E-state index contributed by atoms with van der Waals surface area (Å²) in [5, 5.41) is 25.1. The molecule has 0 aromatic carbocycles. The van der Waals surface area contributed by atoms with Crippen molar-refractivity contribution in [3.05, 3.63) is 0 Å². The third-order valence-electron chi connectivity index (χ3n) is 2.71. The van der Waals surface area contributed by atoms with Crippen molar-refractivity contribution in [2.75, 3.05) is 0 Å². The van der Waals surface area contributed by atoms with E-state index in [0.29, 0.717) is 19.3 Å². The number of carbonyl (C=O) groups is 3. The van der Waals surface area contributed by atoms with Crippen LogP contribution in [0, 0.1) is 5.92 Å². The van der Waals surface area contributed by atoms with Gasteiger partial charge in [0.1, 0.15) is 0 Å². The highest BCUT2D eigenvalue weighted by Crippen LogP contribution is 2.19. The Morgan fingerprint density at radius 2 is 0.947 bits per heavy atom. The molecule has 0 bridgehead atoms. The quantitative estimate of drug-likeness (QED) is 0.246. The second-order valence-electron chi connectivity index (χ2n) is 4.09. The molecule has 9 heteroatoms. The molecule has 0 radical (unpaired) electrons. The summed E-state index contributed by atoms with van der Waals surface area (Å²) in [5.74, 6) is -1.78. The monoisotopic (exact) mass is 277 g/mol. The van der Waals surface area contributed by atoms with Gasteiger partial charge in [0.15, 0.2) is 0 Å². The fourth-order valence-electron chi connectivity index (χ4n) is 1.61. The number of hydrogen-bond acceptors (Lipinski definition) is 6. The van der Waals surface area contributed by atoms with E-state index < -0.39 is 17.7 Å². The zero-order chi connectivity index (χ0) is 14.7. The average Bonchev–Trinajstić information content (AvgIpc) is 2.44. The average molecular weight is 277 g/mol. The standard InChI is InChI=1S/C10H19N3O6/c14-8(11-17)4-1-7(2-5-9(15)12-18)3-6-10(16)13-19/h7,17-19H,1-6H2,(H,11,14)(H,12,15)(H,13,16). The Labute approximate surface area is 109 Å². The Hall–Kier alpha value is -1.71. The molecule has 0 saturated carbocycles. The van der Waals surface area contributed by atoms with Crippen LogP contribution in [0.15, 0.2) is 0 Å². The highest BCUT2D eigenvalue weighted by atomic mass is 16.5. The van der Waals surface area contributed by atoms with Gasteiger partial charge in [0.25, 0.3) is 0 Å². The van der Waals surface area contributed by atoms with Crippen molar-refractivity contribution in [2.45, 2.75) is 38.5 Å². The largest absolute Gasteiger partial charge is 0.289 e. The Balaban J connectivity index is 4.16. The zero-order valence-corrected chi connectivity index (χ0v) is 10.4. The molecule has 0 aliphatic carbocycles. The molecule has 0 aromatic rings. The van der Waals surface area contributed by atoms with Gasteiger partial charge in [-0.15, -0.1) is 0 Å². The molecule has 0 aliphatic heterocycles. The van der Waals surface area contributed by atoms with E-state index in [0.717, 1.165) is 0 Å². The van der Waals surface area contributed by atoms with Crippen LogP contribution in [0.25, 0.3) is 0 Å². The normalized spacial score (nSPS) is 10.1. The maximum absolute atomic E-state index is 10.9. The molecule has 0 saturated heterocycles. The first kappa shape index (κ1) is 17.3. The molecule has 19 heavy (non-hydrogen) atoms. The molecule has 110 valence electrons. The Kier molecular flexibility index (Phi) is 9.31. The maximum atomic E-state index is 10.9. The van der Waals surface area contributed by atoms with E-state index in [1.54, 1.807) is 0 Å². The van der Waals surface area contributed by atoms with Crippen LogP contribution in [0.5, 0.6) is 0 Å². The van der Waals surface area contributed by atoms with Crippen LogP contribution in [0.1, 0.15) is 38.5 Å². The van der Waals surface area contributed by atoms with E-state index >= 15 is 0 Å². The number of rotatable bonds is 9. The van der Waals surface area contributed by atoms with Gasteiger partial charge in [0.05, 0.1) is 0 Å². The summed E-state index contributed by atoms with van der Waals surface area (Å²) >= 11 is 0. The summed E-state index contributed by atoms with van der Waals surface area (Å²) in [6, 6.07) is 0. The molecule has 0 rings (SSSR count). The van der Waals surface area contributed by atoms with Crippen LogP contribution in [-0.2, 0) is 14.4 Å². The third kappa shape index (κ3) is 8.94.